The summed E-state index contributed by atoms with van der Waals surface area (Å²) >= 11 is 0. The molecule has 0 rings (SSSR count). The quantitative estimate of drug-likeness (QED) is 0.398. The molecule has 0 unspecified atom stereocenters. The van der Waals surface area contributed by atoms with Gasteiger partial charge in [-0.1, -0.05) is 6.58 Å². The summed E-state index contributed by atoms with van der Waals surface area (Å²) < 4.78 is 14.4. The van der Waals surface area contributed by atoms with Gasteiger partial charge in [-0.25, -0.2) is 4.79 Å². The lowest BCUT2D eigenvalue weighted by Crippen LogP contribution is -2.38. The van der Waals surface area contributed by atoms with Crippen molar-refractivity contribution in [2.75, 3.05) is 0 Å². The lowest BCUT2D eigenvalue weighted by molar-refractivity contribution is -0.145. The number of carbonyl (C=O) groups excluding carboxylic acids is 2. The van der Waals surface area contributed by atoms with Gasteiger partial charge in [0.1, 0.15) is 11.2 Å². The van der Waals surface area contributed by atoms with Crippen molar-refractivity contribution in [2.45, 2.75) is 45.3 Å². The molecule has 0 atom stereocenters. The maximum absolute atomic E-state index is 11.1. The van der Waals surface area contributed by atoms with Gasteiger partial charge >= 0.3 is 6.16 Å². The lowest BCUT2D eigenvalue weighted by atomic mass is 9.92. The van der Waals surface area contributed by atoms with Crippen LogP contribution < -0.4 is 0 Å². The summed E-state index contributed by atoms with van der Waals surface area (Å²) in [6.45, 7) is 10.5. The van der Waals surface area contributed by atoms with E-state index in [1.54, 1.807) is 27.7 Å². The second-order valence-electron chi connectivity index (χ2n) is 4.55. The molecule has 0 aliphatic carbocycles. The molecule has 0 fully saturated rings. The van der Waals surface area contributed by atoms with E-state index < -0.39 is 17.4 Å². The first-order valence-corrected chi connectivity index (χ1v) is 4.84. The van der Waals surface area contributed by atoms with E-state index in [1.165, 1.54) is 0 Å². The van der Waals surface area contributed by atoms with Crippen molar-refractivity contribution < 1.29 is 23.8 Å². The van der Waals surface area contributed by atoms with Crippen LogP contribution in [0.3, 0.4) is 0 Å². The van der Waals surface area contributed by atoms with E-state index >= 15 is 0 Å². The van der Waals surface area contributed by atoms with E-state index in [-0.39, 0.29) is 0 Å². The number of hydrogen-bond acceptors (Lipinski definition) is 5. The van der Waals surface area contributed by atoms with Crippen LogP contribution in [0, 0.1) is 0 Å². The molecule has 0 bridgehead atoms. The van der Waals surface area contributed by atoms with E-state index in [9.17, 15) is 9.59 Å². The van der Waals surface area contributed by atoms with Crippen molar-refractivity contribution in [3.8, 4) is 0 Å². The van der Waals surface area contributed by atoms with Crippen molar-refractivity contribution in [1.29, 1.82) is 0 Å². The second kappa shape index (κ2) is 5.53. The molecule has 0 amide bonds. The van der Waals surface area contributed by atoms with E-state index in [4.69, 9.17) is 9.47 Å². The fourth-order valence-electron chi connectivity index (χ4n) is 1.55. The third-order valence-electron chi connectivity index (χ3n) is 1.76. The van der Waals surface area contributed by atoms with E-state index in [2.05, 4.69) is 11.3 Å². The number of hydrogen-bond donors (Lipinski definition) is 0. The van der Waals surface area contributed by atoms with Crippen molar-refractivity contribution in [3.63, 3.8) is 0 Å². The molecule has 0 radical (unpaired) electrons. The summed E-state index contributed by atoms with van der Waals surface area (Å²) in [6, 6.07) is 0. The van der Waals surface area contributed by atoms with Crippen molar-refractivity contribution in [3.05, 3.63) is 12.8 Å². The van der Waals surface area contributed by atoms with Crippen LogP contribution in [0.25, 0.3) is 0 Å². The molecule has 92 valence electrons. The Morgan fingerprint density at radius 1 is 1.25 bits per heavy atom. The van der Waals surface area contributed by atoms with Gasteiger partial charge in [0.2, 0.25) is 0 Å². The number of carbonyl (C=O) groups is 2. The van der Waals surface area contributed by atoms with Gasteiger partial charge in [0.05, 0.1) is 6.26 Å². The SMILES string of the molecule is C=COC(=O)OC(C)(C)CC(C)(C)OC=O. The van der Waals surface area contributed by atoms with Crippen LogP contribution in [0.1, 0.15) is 34.1 Å². The minimum atomic E-state index is -0.832. The third kappa shape index (κ3) is 6.06. The van der Waals surface area contributed by atoms with E-state index in [0.717, 1.165) is 6.26 Å². The highest BCUT2D eigenvalue weighted by Gasteiger charge is 2.33. The van der Waals surface area contributed by atoms with Gasteiger partial charge in [0.15, 0.2) is 0 Å². The Hall–Kier alpha value is -1.52. The Labute approximate surface area is 95.4 Å². The molecule has 5 nitrogen and oxygen atoms in total. The fraction of sp³-hybridized carbons (Fsp3) is 0.636. The predicted octanol–water partition coefficient (Wildman–Crippen LogP) is 2.40. The molecule has 5 heteroatoms. The first-order chi connectivity index (χ1) is 7.22. The Morgan fingerprint density at radius 2 is 1.81 bits per heavy atom. The fourth-order valence-corrected chi connectivity index (χ4v) is 1.55. The molecule has 0 heterocycles. The van der Waals surface area contributed by atoms with Gasteiger partial charge in [-0.3, -0.25) is 4.79 Å². The molecule has 0 spiro atoms. The molecule has 16 heavy (non-hydrogen) atoms. The molecule has 0 saturated heterocycles. The summed E-state index contributed by atoms with van der Waals surface area (Å²) in [4.78, 5) is 21.3. The smallest absolute Gasteiger partial charge is 0.462 e. The highest BCUT2D eigenvalue weighted by molar-refractivity contribution is 5.61. The molecule has 0 aromatic rings. The first kappa shape index (κ1) is 14.5. The summed E-state index contributed by atoms with van der Waals surface area (Å²) in [7, 11) is 0. The maximum Gasteiger partial charge on any atom is 0.513 e. The normalized spacial score (nSPS) is 11.5. The van der Waals surface area contributed by atoms with Crippen molar-refractivity contribution >= 4 is 12.6 Å². The zero-order valence-electron chi connectivity index (χ0n) is 10.1. The molecule has 0 aromatic carbocycles. The van der Waals surface area contributed by atoms with Gasteiger partial charge in [-0.05, 0) is 27.7 Å². The Morgan fingerprint density at radius 3 is 2.25 bits per heavy atom. The molecule has 0 aliphatic heterocycles. The monoisotopic (exact) mass is 230 g/mol. The number of ether oxygens (including phenoxy) is 3. The Balaban J connectivity index is 4.38. The minimum absolute atomic E-state index is 0.352. The van der Waals surface area contributed by atoms with E-state index in [1.807, 2.05) is 0 Å². The van der Waals surface area contributed by atoms with E-state index in [0.29, 0.717) is 12.9 Å². The average Bonchev–Trinajstić information content (AvgIpc) is 1.99. The molecular formula is C11H18O5. The first-order valence-electron chi connectivity index (χ1n) is 4.84. The summed E-state index contributed by atoms with van der Waals surface area (Å²) in [5, 5.41) is 0. The third-order valence-corrected chi connectivity index (χ3v) is 1.76. The average molecular weight is 230 g/mol. The summed E-state index contributed by atoms with van der Waals surface area (Å²) in [5.74, 6) is 0. The van der Waals surface area contributed by atoms with Gasteiger partial charge in [-0.2, -0.15) is 0 Å². The second-order valence-corrected chi connectivity index (χ2v) is 4.55. The molecular weight excluding hydrogens is 212 g/mol. The van der Waals surface area contributed by atoms with Gasteiger partial charge in [0, 0.05) is 6.42 Å². The van der Waals surface area contributed by atoms with Gasteiger partial charge in [-0.15, -0.1) is 0 Å². The van der Waals surface area contributed by atoms with Gasteiger partial charge < -0.3 is 14.2 Å². The lowest BCUT2D eigenvalue weighted by Gasteiger charge is -2.32. The minimum Gasteiger partial charge on any atom is -0.462 e. The maximum atomic E-state index is 11.1. The van der Waals surface area contributed by atoms with Crippen molar-refractivity contribution in [1.82, 2.24) is 0 Å². The Kier molecular flexibility index (Phi) is 5.01. The standard InChI is InChI=1S/C11H18O5/c1-6-14-9(13)16-11(4,5)7-10(2,3)15-8-12/h6,8H,1,7H2,2-5H3. The Bertz CT molecular complexity index is 268. The van der Waals surface area contributed by atoms with Crippen LogP contribution in [0.4, 0.5) is 4.79 Å². The topological polar surface area (TPSA) is 61.8 Å². The van der Waals surface area contributed by atoms with Crippen LogP contribution in [-0.4, -0.2) is 23.8 Å². The van der Waals surface area contributed by atoms with Crippen LogP contribution in [0.2, 0.25) is 0 Å². The summed E-state index contributed by atoms with van der Waals surface area (Å²) in [6.07, 6.45) is 0.512. The van der Waals surface area contributed by atoms with Gasteiger partial charge in [0.25, 0.3) is 6.47 Å². The molecule has 0 aliphatic rings. The van der Waals surface area contributed by atoms with Crippen LogP contribution in [0.15, 0.2) is 12.8 Å². The molecule has 0 aromatic heterocycles. The zero-order valence-corrected chi connectivity index (χ0v) is 10.1. The summed E-state index contributed by atoms with van der Waals surface area (Å²) in [5.41, 5.74) is -1.51. The highest BCUT2D eigenvalue weighted by atomic mass is 16.7. The highest BCUT2D eigenvalue weighted by Crippen LogP contribution is 2.26. The van der Waals surface area contributed by atoms with Crippen LogP contribution in [-0.2, 0) is 19.0 Å². The zero-order chi connectivity index (χ0) is 12.8. The van der Waals surface area contributed by atoms with Crippen LogP contribution in [0.5, 0.6) is 0 Å². The molecule has 0 saturated carbocycles. The predicted molar refractivity (Wildman–Crippen MR) is 57.7 cm³/mol. The van der Waals surface area contributed by atoms with Crippen molar-refractivity contribution in [2.24, 2.45) is 0 Å². The van der Waals surface area contributed by atoms with Crippen LogP contribution >= 0.6 is 0 Å². The largest absolute Gasteiger partial charge is 0.513 e. The molecule has 0 N–H and O–H groups in total. The number of rotatable bonds is 6.